The summed E-state index contributed by atoms with van der Waals surface area (Å²) in [6.07, 6.45) is 4.77. The minimum absolute atomic E-state index is 0.00108. The van der Waals surface area contributed by atoms with Gasteiger partial charge in [0.15, 0.2) is 11.9 Å². The largest absolute Gasteiger partial charge is 0.471 e. The van der Waals surface area contributed by atoms with E-state index in [0.717, 1.165) is 37.7 Å². The van der Waals surface area contributed by atoms with Crippen molar-refractivity contribution in [2.45, 2.75) is 64.6 Å². The van der Waals surface area contributed by atoms with Crippen LogP contribution in [0.5, 0.6) is 5.75 Å². The van der Waals surface area contributed by atoms with E-state index in [1.165, 1.54) is 6.42 Å². The van der Waals surface area contributed by atoms with Crippen LogP contribution in [0.4, 0.5) is 0 Å². The highest BCUT2D eigenvalue weighted by Gasteiger charge is 2.26. The molecule has 168 valence electrons. The highest BCUT2D eigenvalue weighted by atomic mass is 35.5. The van der Waals surface area contributed by atoms with Crippen molar-refractivity contribution < 1.29 is 18.7 Å². The van der Waals surface area contributed by atoms with Crippen LogP contribution in [0.2, 0.25) is 5.02 Å². The Hall–Kier alpha value is -2.79. The fraction of sp³-hybridized carbons (Fsp3) is 0.385. The summed E-state index contributed by atoms with van der Waals surface area (Å²) >= 11 is 6.03. The van der Waals surface area contributed by atoms with Crippen molar-refractivity contribution >= 4 is 28.5 Å². The number of rotatable bonds is 6. The molecule has 1 atom stereocenters. The fourth-order valence-electron chi connectivity index (χ4n) is 4.01. The van der Waals surface area contributed by atoms with Crippen LogP contribution in [0.15, 0.2) is 51.7 Å². The molecular weight excluding hydrogens is 428 g/mol. The molecule has 4 rings (SSSR count). The summed E-state index contributed by atoms with van der Waals surface area (Å²) in [6, 6.07) is 12.5. The molecule has 1 saturated carbocycles. The molecule has 32 heavy (non-hydrogen) atoms. The number of hydrogen-bond donors (Lipinski definition) is 0. The van der Waals surface area contributed by atoms with E-state index in [1.807, 2.05) is 19.1 Å². The summed E-state index contributed by atoms with van der Waals surface area (Å²) in [5.41, 5.74) is 1.79. The lowest BCUT2D eigenvalue weighted by Crippen LogP contribution is -2.32. The van der Waals surface area contributed by atoms with Crippen LogP contribution in [-0.4, -0.2) is 18.2 Å². The minimum atomic E-state index is -0.947. The smallest absolute Gasteiger partial charge is 0.347 e. The van der Waals surface area contributed by atoms with Gasteiger partial charge in [-0.15, -0.1) is 0 Å². The maximum absolute atomic E-state index is 13.4. The van der Waals surface area contributed by atoms with Gasteiger partial charge in [-0.25, -0.2) is 4.79 Å². The molecule has 3 aromatic rings. The van der Waals surface area contributed by atoms with Crippen LogP contribution in [0.3, 0.4) is 0 Å². The van der Waals surface area contributed by atoms with Gasteiger partial charge in [0.1, 0.15) is 11.7 Å². The summed E-state index contributed by atoms with van der Waals surface area (Å²) in [4.78, 5) is 26.1. The van der Waals surface area contributed by atoms with Gasteiger partial charge in [-0.1, -0.05) is 31.0 Å². The Morgan fingerprint density at radius 3 is 2.53 bits per heavy atom. The van der Waals surface area contributed by atoms with Gasteiger partial charge in [0.25, 0.3) is 0 Å². The molecule has 1 fully saturated rings. The van der Waals surface area contributed by atoms with E-state index in [1.54, 1.807) is 37.3 Å². The predicted octanol–water partition coefficient (Wildman–Crippen LogP) is 6.32. The fourth-order valence-corrected chi connectivity index (χ4v) is 4.14. The quantitative estimate of drug-likeness (QED) is 0.408. The lowest BCUT2D eigenvalue weighted by Gasteiger charge is -2.24. The number of fused-ring (bicyclic) bond motifs is 1. The first-order chi connectivity index (χ1) is 15.5. The van der Waals surface area contributed by atoms with Crippen LogP contribution in [0.25, 0.3) is 22.3 Å². The van der Waals surface area contributed by atoms with Crippen LogP contribution in [0.1, 0.15) is 51.5 Å². The van der Waals surface area contributed by atoms with Crippen molar-refractivity contribution in [2.75, 3.05) is 0 Å². The normalized spacial score (nSPS) is 15.5. The monoisotopic (exact) mass is 454 g/mol. The molecule has 1 aliphatic rings. The van der Waals surface area contributed by atoms with E-state index in [0.29, 0.717) is 21.6 Å². The molecule has 0 amide bonds. The second-order valence-corrected chi connectivity index (χ2v) is 8.67. The van der Waals surface area contributed by atoms with Crippen LogP contribution in [0, 0.1) is 0 Å². The van der Waals surface area contributed by atoms with Gasteiger partial charge < -0.3 is 13.9 Å². The molecule has 0 aliphatic heterocycles. The molecule has 0 radical (unpaired) electrons. The molecule has 0 N–H and O–H groups in total. The summed E-state index contributed by atoms with van der Waals surface area (Å²) in [7, 11) is 0. The average Bonchev–Trinajstić information content (AvgIpc) is 2.81. The Bertz CT molecular complexity index is 1160. The maximum atomic E-state index is 13.4. The lowest BCUT2D eigenvalue weighted by atomic mass is 9.98. The van der Waals surface area contributed by atoms with E-state index < -0.39 is 12.1 Å². The van der Waals surface area contributed by atoms with E-state index in [-0.39, 0.29) is 23.0 Å². The number of benzene rings is 2. The Labute approximate surface area is 192 Å². The number of halogens is 1. The Balaban J connectivity index is 1.72. The average molecular weight is 455 g/mol. The summed E-state index contributed by atoms with van der Waals surface area (Å²) in [5.74, 6) is -0.206. The first-order valence-electron chi connectivity index (χ1n) is 11.2. The Morgan fingerprint density at radius 2 is 1.84 bits per heavy atom. The van der Waals surface area contributed by atoms with Gasteiger partial charge in [0.05, 0.1) is 5.39 Å². The van der Waals surface area contributed by atoms with Crippen molar-refractivity contribution in [1.82, 2.24) is 0 Å². The van der Waals surface area contributed by atoms with E-state index in [2.05, 4.69) is 0 Å². The maximum Gasteiger partial charge on any atom is 0.347 e. The van der Waals surface area contributed by atoms with Crippen molar-refractivity contribution in [2.24, 2.45) is 0 Å². The molecule has 1 aromatic heterocycles. The zero-order valence-corrected chi connectivity index (χ0v) is 19.1. The van der Waals surface area contributed by atoms with E-state index in [4.69, 9.17) is 25.5 Å². The van der Waals surface area contributed by atoms with Crippen LogP contribution < -0.4 is 10.2 Å². The number of esters is 1. The van der Waals surface area contributed by atoms with Gasteiger partial charge in [0.2, 0.25) is 11.2 Å². The second kappa shape index (κ2) is 9.78. The number of ether oxygens (including phenoxy) is 2. The summed E-state index contributed by atoms with van der Waals surface area (Å²) in [6.45, 7) is 3.62. The summed E-state index contributed by atoms with van der Waals surface area (Å²) < 4.78 is 17.7. The molecule has 5 nitrogen and oxygen atoms in total. The number of aryl methyl sites for hydroxylation is 1. The highest BCUT2D eigenvalue weighted by Crippen LogP contribution is 2.33. The Kier molecular flexibility index (Phi) is 6.85. The topological polar surface area (TPSA) is 65.7 Å². The van der Waals surface area contributed by atoms with Crippen molar-refractivity contribution in [3.05, 3.63) is 63.3 Å². The van der Waals surface area contributed by atoms with Gasteiger partial charge >= 0.3 is 5.97 Å². The van der Waals surface area contributed by atoms with Crippen molar-refractivity contribution in [3.63, 3.8) is 0 Å². The van der Waals surface area contributed by atoms with E-state index in [9.17, 15) is 9.59 Å². The number of hydrogen-bond acceptors (Lipinski definition) is 5. The zero-order chi connectivity index (χ0) is 22.7. The minimum Gasteiger partial charge on any atom is -0.471 e. The summed E-state index contributed by atoms with van der Waals surface area (Å²) in [5, 5.41) is 0.987. The van der Waals surface area contributed by atoms with Gasteiger partial charge in [-0.2, -0.15) is 0 Å². The first-order valence-corrected chi connectivity index (χ1v) is 11.6. The number of carbonyl (C=O) groups excluding carboxylic acids is 1. The van der Waals surface area contributed by atoms with Gasteiger partial charge in [0, 0.05) is 10.6 Å². The lowest BCUT2D eigenvalue weighted by molar-refractivity contribution is -0.158. The number of carbonyl (C=O) groups is 1. The zero-order valence-electron chi connectivity index (χ0n) is 18.4. The molecule has 6 heteroatoms. The van der Waals surface area contributed by atoms with Crippen LogP contribution in [-0.2, 0) is 16.0 Å². The molecule has 0 spiro atoms. The van der Waals surface area contributed by atoms with Crippen molar-refractivity contribution in [3.8, 4) is 17.1 Å². The molecule has 0 saturated heterocycles. The standard InChI is InChI=1S/C26H27ClO5/c1-3-17-9-14-22-21(15-17)23(28)25(24(32-22)18-10-12-19(27)13-11-18)30-16(2)26(29)31-20-7-5-4-6-8-20/h9-16,20H,3-8H2,1-2H3. The third-order valence-electron chi connectivity index (χ3n) is 5.89. The van der Waals surface area contributed by atoms with Crippen LogP contribution >= 0.6 is 11.6 Å². The first kappa shape index (κ1) is 22.4. The molecule has 1 heterocycles. The predicted molar refractivity (Wildman–Crippen MR) is 125 cm³/mol. The van der Waals surface area contributed by atoms with Gasteiger partial charge in [-0.3, -0.25) is 4.79 Å². The molecule has 2 aromatic carbocycles. The molecule has 1 aliphatic carbocycles. The Morgan fingerprint density at radius 1 is 1.12 bits per heavy atom. The van der Waals surface area contributed by atoms with E-state index >= 15 is 0 Å². The molecule has 1 unspecified atom stereocenters. The highest BCUT2D eigenvalue weighted by molar-refractivity contribution is 6.30. The van der Waals surface area contributed by atoms with Crippen molar-refractivity contribution in [1.29, 1.82) is 0 Å². The second-order valence-electron chi connectivity index (χ2n) is 8.24. The molecular formula is C26H27ClO5. The third-order valence-corrected chi connectivity index (χ3v) is 6.14. The third kappa shape index (κ3) is 4.83. The molecule has 0 bridgehead atoms. The SMILES string of the molecule is CCc1ccc2oc(-c3ccc(Cl)cc3)c(OC(C)C(=O)OC3CCCCC3)c(=O)c2c1. The van der Waals surface area contributed by atoms with Gasteiger partial charge in [-0.05, 0) is 81.0 Å².